The second kappa shape index (κ2) is 4.89. The summed E-state index contributed by atoms with van der Waals surface area (Å²) >= 11 is 0. The molecule has 1 aliphatic carbocycles. The number of nitrogens with one attached hydrogen (secondary N) is 1. The summed E-state index contributed by atoms with van der Waals surface area (Å²) < 4.78 is 5.08. The lowest BCUT2D eigenvalue weighted by Gasteiger charge is -2.05. The highest BCUT2D eigenvalue weighted by atomic mass is 16.5. The third-order valence-electron chi connectivity index (χ3n) is 2.26. The molecule has 0 amide bonds. The minimum absolute atomic E-state index is 0.196. The van der Waals surface area contributed by atoms with Crippen LogP contribution in [-0.2, 0) is 16.1 Å². The molecule has 0 saturated heterocycles. The van der Waals surface area contributed by atoms with Crippen LogP contribution in [0.5, 0.6) is 0 Å². The van der Waals surface area contributed by atoms with Crippen molar-refractivity contribution in [1.82, 2.24) is 10.3 Å². The highest BCUT2D eigenvalue weighted by molar-refractivity contribution is 5.71. The normalized spacial score (nSPS) is 14.9. The molecule has 4 heteroatoms. The third kappa shape index (κ3) is 3.67. The fraction of sp³-hybridized carbons (Fsp3) is 0.455. The maximum absolute atomic E-state index is 11.2. The van der Waals surface area contributed by atoms with Gasteiger partial charge in [0.2, 0.25) is 0 Å². The van der Waals surface area contributed by atoms with Crippen LogP contribution in [0.4, 0.5) is 0 Å². The molecule has 4 nitrogen and oxygen atoms in total. The Bertz CT molecular complexity index is 323. The molecule has 1 aromatic rings. The number of hydrogen-bond donors (Lipinski definition) is 1. The zero-order valence-corrected chi connectivity index (χ0v) is 8.48. The summed E-state index contributed by atoms with van der Waals surface area (Å²) in [6.45, 7) is 0.642. The minimum Gasteiger partial charge on any atom is -0.460 e. The second-order valence-corrected chi connectivity index (χ2v) is 3.67. The highest BCUT2D eigenvalue weighted by Crippen LogP contribution is 2.18. The van der Waals surface area contributed by atoms with E-state index in [4.69, 9.17) is 4.74 Å². The van der Waals surface area contributed by atoms with E-state index in [1.165, 1.54) is 12.8 Å². The number of carbonyl (C=O) groups is 1. The summed E-state index contributed by atoms with van der Waals surface area (Å²) in [6, 6.07) is 4.21. The number of carbonyl (C=O) groups excluding carboxylic acids is 1. The smallest absolute Gasteiger partial charge is 0.320 e. The first-order chi connectivity index (χ1) is 7.34. The monoisotopic (exact) mass is 206 g/mol. The predicted octanol–water partition coefficient (Wildman–Crippen LogP) is 0.877. The van der Waals surface area contributed by atoms with Crippen molar-refractivity contribution in [3.05, 3.63) is 30.1 Å². The lowest BCUT2D eigenvalue weighted by Crippen LogP contribution is -2.26. The van der Waals surface area contributed by atoms with Crippen LogP contribution in [0.3, 0.4) is 0 Å². The Morgan fingerprint density at radius 3 is 2.87 bits per heavy atom. The summed E-state index contributed by atoms with van der Waals surface area (Å²) in [6.07, 6.45) is 5.73. The molecule has 1 fully saturated rings. The van der Waals surface area contributed by atoms with Gasteiger partial charge in [0.25, 0.3) is 0 Å². The molecule has 80 valence electrons. The maximum atomic E-state index is 11.2. The number of pyridine rings is 1. The topological polar surface area (TPSA) is 51.2 Å². The first kappa shape index (κ1) is 10.1. The summed E-state index contributed by atoms with van der Waals surface area (Å²) in [5, 5.41) is 3.11. The first-order valence-electron chi connectivity index (χ1n) is 5.12. The van der Waals surface area contributed by atoms with Gasteiger partial charge < -0.3 is 10.1 Å². The van der Waals surface area contributed by atoms with Crippen molar-refractivity contribution in [1.29, 1.82) is 0 Å². The summed E-state index contributed by atoms with van der Waals surface area (Å²) in [5.41, 5.74) is 0.963. The number of rotatable bonds is 5. The molecule has 15 heavy (non-hydrogen) atoms. The van der Waals surface area contributed by atoms with Gasteiger partial charge in [0, 0.05) is 18.4 Å². The van der Waals surface area contributed by atoms with Crippen molar-refractivity contribution in [3.8, 4) is 0 Å². The van der Waals surface area contributed by atoms with Crippen molar-refractivity contribution < 1.29 is 9.53 Å². The van der Waals surface area contributed by atoms with Crippen LogP contribution in [0.25, 0.3) is 0 Å². The Morgan fingerprint density at radius 2 is 2.20 bits per heavy atom. The van der Waals surface area contributed by atoms with Crippen LogP contribution < -0.4 is 5.32 Å². The number of esters is 1. The van der Waals surface area contributed by atoms with Crippen molar-refractivity contribution in [2.24, 2.45) is 0 Å². The third-order valence-corrected chi connectivity index (χ3v) is 2.26. The highest BCUT2D eigenvalue weighted by Gasteiger charge is 2.21. The molecule has 0 atom stereocenters. The lowest BCUT2D eigenvalue weighted by molar-refractivity contribution is -0.143. The van der Waals surface area contributed by atoms with Gasteiger partial charge in [0.05, 0.1) is 6.54 Å². The fourth-order valence-electron chi connectivity index (χ4n) is 1.21. The van der Waals surface area contributed by atoms with E-state index in [-0.39, 0.29) is 5.97 Å². The Labute approximate surface area is 88.7 Å². The van der Waals surface area contributed by atoms with E-state index in [2.05, 4.69) is 10.3 Å². The Hall–Kier alpha value is -1.42. The molecule has 0 radical (unpaired) electrons. The predicted molar refractivity (Wildman–Crippen MR) is 55.1 cm³/mol. The molecule has 1 N–H and O–H groups in total. The van der Waals surface area contributed by atoms with Crippen LogP contribution in [0, 0.1) is 0 Å². The van der Waals surface area contributed by atoms with Crippen LogP contribution in [0.15, 0.2) is 24.5 Å². The molecule has 0 aliphatic heterocycles. The van der Waals surface area contributed by atoms with Crippen LogP contribution in [0.2, 0.25) is 0 Å². The number of aromatic nitrogens is 1. The first-order valence-corrected chi connectivity index (χ1v) is 5.12. The van der Waals surface area contributed by atoms with Crippen LogP contribution in [0.1, 0.15) is 18.4 Å². The molecule has 1 saturated carbocycles. The van der Waals surface area contributed by atoms with Gasteiger partial charge >= 0.3 is 5.97 Å². The van der Waals surface area contributed by atoms with Gasteiger partial charge in [-0.1, -0.05) is 0 Å². The van der Waals surface area contributed by atoms with Gasteiger partial charge in [-0.2, -0.15) is 0 Å². The van der Waals surface area contributed by atoms with Crippen molar-refractivity contribution >= 4 is 5.97 Å². The molecular weight excluding hydrogens is 192 g/mol. The van der Waals surface area contributed by atoms with E-state index in [0.717, 1.165) is 5.56 Å². The zero-order valence-electron chi connectivity index (χ0n) is 8.48. The van der Waals surface area contributed by atoms with Gasteiger partial charge in [-0.05, 0) is 30.5 Å². The molecule has 0 bridgehead atoms. The average molecular weight is 206 g/mol. The van der Waals surface area contributed by atoms with E-state index in [0.29, 0.717) is 19.2 Å². The summed E-state index contributed by atoms with van der Waals surface area (Å²) in [7, 11) is 0. The van der Waals surface area contributed by atoms with Crippen molar-refractivity contribution in [2.75, 3.05) is 6.54 Å². The quantitative estimate of drug-likeness (QED) is 0.726. The Kier molecular flexibility index (Phi) is 3.29. The van der Waals surface area contributed by atoms with Gasteiger partial charge in [-0.25, -0.2) is 0 Å². The molecule has 0 aromatic carbocycles. The number of hydrogen-bond acceptors (Lipinski definition) is 4. The zero-order chi connectivity index (χ0) is 10.5. The van der Waals surface area contributed by atoms with Crippen molar-refractivity contribution in [3.63, 3.8) is 0 Å². The lowest BCUT2D eigenvalue weighted by atomic mass is 10.3. The summed E-state index contributed by atoms with van der Waals surface area (Å²) in [4.78, 5) is 15.1. The van der Waals surface area contributed by atoms with Gasteiger partial charge in [-0.15, -0.1) is 0 Å². The Morgan fingerprint density at radius 1 is 1.47 bits per heavy atom. The van der Waals surface area contributed by atoms with Crippen molar-refractivity contribution in [2.45, 2.75) is 25.5 Å². The van der Waals surface area contributed by atoms with E-state index in [1.807, 2.05) is 12.1 Å². The molecule has 1 aliphatic rings. The van der Waals surface area contributed by atoms with Gasteiger partial charge in [-0.3, -0.25) is 9.78 Å². The maximum Gasteiger partial charge on any atom is 0.320 e. The molecular formula is C11H14N2O2. The van der Waals surface area contributed by atoms with E-state index >= 15 is 0 Å². The number of ether oxygens (including phenoxy) is 1. The molecule has 0 unspecified atom stereocenters. The molecule has 2 rings (SSSR count). The van der Waals surface area contributed by atoms with Crippen LogP contribution in [-0.4, -0.2) is 23.5 Å². The number of nitrogens with zero attached hydrogens (tertiary/aromatic N) is 1. The fourth-order valence-corrected chi connectivity index (χ4v) is 1.21. The molecule has 1 aromatic heterocycles. The largest absolute Gasteiger partial charge is 0.460 e. The SMILES string of the molecule is O=C(CNC1CC1)OCc1ccncc1. The van der Waals surface area contributed by atoms with E-state index in [1.54, 1.807) is 12.4 Å². The minimum atomic E-state index is -0.196. The van der Waals surface area contributed by atoms with E-state index in [9.17, 15) is 4.79 Å². The van der Waals surface area contributed by atoms with Gasteiger partial charge in [0.15, 0.2) is 0 Å². The second-order valence-electron chi connectivity index (χ2n) is 3.67. The summed E-state index contributed by atoms with van der Waals surface area (Å²) in [5.74, 6) is -0.196. The van der Waals surface area contributed by atoms with Gasteiger partial charge in [0.1, 0.15) is 6.61 Å². The van der Waals surface area contributed by atoms with Crippen LogP contribution >= 0.6 is 0 Å². The standard InChI is InChI=1S/C11H14N2O2/c14-11(7-13-10-1-2-10)15-8-9-3-5-12-6-4-9/h3-6,10,13H,1-2,7-8H2. The average Bonchev–Trinajstić information content (AvgIpc) is 3.09. The Balaban J connectivity index is 1.66. The van der Waals surface area contributed by atoms with E-state index < -0.39 is 0 Å². The molecule has 1 heterocycles. The molecule has 0 spiro atoms.